The molecule has 0 saturated carbocycles. The first-order valence-corrected chi connectivity index (χ1v) is 10.0. The van der Waals surface area contributed by atoms with E-state index in [1.807, 2.05) is 12.1 Å². The molecule has 2 aromatic carbocycles. The number of halogens is 1. The van der Waals surface area contributed by atoms with E-state index in [-0.39, 0.29) is 18.5 Å². The molecule has 0 bridgehead atoms. The Morgan fingerprint density at radius 2 is 1.86 bits per heavy atom. The molecule has 1 aliphatic heterocycles. The first-order valence-electron chi connectivity index (χ1n) is 10.0. The number of nitrogens with one attached hydrogen (secondary N) is 1. The van der Waals surface area contributed by atoms with Crippen molar-refractivity contribution in [1.29, 1.82) is 0 Å². The first kappa shape index (κ1) is 19.1. The van der Waals surface area contributed by atoms with Crippen molar-refractivity contribution in [3.8, 4) is 0 Å². The predicted octanol–water partition coefficient (Wildman–Crippen LogP) is 3.68. The fraction of sp³-hybridized carbons (Fsp3) is 0.391. The third-order valence-corrected chi connectivity index (χ3v) is 5.93. The molecule has 1 unspecified atom stereocenters. The van der Waals surface area contributed by atoms with Gasteiger partial charge in [0.25, 0.3) is 0 Å². The Morgan fingerprint density at radius 3 is 2.64 bits per heavy atom. The number of aromatic amines is 1. The van der Waals surface area contributed by atoms with Crippen molar-refractivity contribution in [3.63, 3.8) is 0 Å². The van der Waals surface area contributed by atoms with Crippen LogP contribution in [0.2, 0.25) is 0 Å². The largest absolute Gasteiger partial charge is 0.396 e. The third-order valence-electron chi connectivity index (χ3n) is 5.93. The Hall–Kier alpha value is -2.21. The van der Waals surface area contributed by atoms with Crippen LogP contribution < -0.4 is 0 Å². The van der Waals surface area contributed by atoms with Crippen molar-refractivity contribution < 1.29 is 9.50 Å². The molecule has 148 valence electrons. The van der Waals surface area contributed by atoms with Crippen LogP contribution in [-0.2, 0) is 13.1 Å². The number of rotatable bonds is 6. The van der Waals surface area contributed by atoms with Crippen molar-refractivity contribution in [1.82, 2.24) is 14.8 Å². The Balaban J connectivity index is 1.46. The van der Waals surface area contributed by atoms with Crippen molar-refractivity contribution in [2.45, 2.75) is 32.5 Å². The summed E-state index contributed by atoms with van der Waals surface area (Å²) in [6.45, 7) is 6.48. The minimum Gasteiger partial charge on any atom is -0.396 e. The van der Waals surface area contributed by atoms with Crippen LogP contribution in [0.4, 0.5) is 4.39 Å². The van der Waals surface area contributed by atoms with E-state index < -0.39 is 0 Å². The van der Waals surface area contributed by atoms with E-state index in [1.54, 1.807) is 6.07 Å². The van der Waals surface area contributed by atoms with Crippen LogP contribution in [0.25, 0.3) is 10.9 Å². The van der Waals surface area contributed by atoms with E-state index in [0.717, 1.165) is 31.7 Å². The number of hydrogen-bond donors (Lipinski definition) is 2. The second-order valence-electron chi connectivity index (χ2n) is 7.74. The molecule has 2 heterocycles. The van der Waals surface area contributed by atoms with Gasteiger partial charge in [-0.1, -0.05) is 36.4 Å². The van der Waals surface area contributed by atoms with Gasteiger partial charge in [-0.25, -0.2) is 4.39 Å². The summed E-state index contributed by atoms with van der Waals surface area (Å²) in [5, 5.41) is 10.8. The maximum atomic E-state index is 14.1. The van der Waals surface area contributed by atoms with Gasteiger partial charge in [0.15, 0.2) is 0 Å². The smallest absolute Gasteiger partial charge is 0.127 e. The standard InChI is InChI=1S/C23H28FN3O/c1-17-20-7-3-5-9-22(20)25-23(17)16-26-11-12-27(19(15-26)10-13-28)14-18-6-2-4-8-21(18)24/h2-9,19,25,28H,10-16H2,1H3. The van der Waals surface area contributed by atoms with Crippen molar-refractivity contribution >= 4 is 10.9 Å². The summed E-state index contributed by atoms with van der Waals surface area (Å²) >= 11 is 0. The number of aliphatic hydroxyl groups is 1. The average molecular weight is 381 g/mol. The average Bonchev–Trinajstić information content (AvgIpc) is 3.01. The van der Waals surface area contributed by atoms with Crippen molar-refractivity contribution in [3.05, 3.63) is 71.2 Å². The quantitative estimate of drug-likeness (QED) is 0.684. The summed E-state index contributed by atoms with van der Waals surface area (Å²) in [5.74, 6) is -0.152. The van der Waals surface area contributed by atoms with Crippen LogP contribution in [0.5, 0.6) is 0 Å². The maximum absolute atomic E-state index is 14.1. The molecule has 1 aromatic heterocycles. The van der Waals surface area contributed by atoms with Crippen LogP contribution in [0.3, 0.4) is 0 Å². The van der Waals surface area contributed by atoms with Gasteiger partial charge >= 0.3 is 0 Å². The summed E-state index contributed by atoms with van der Waals surface area (Å²) in [4.78, 5) is 8.31. The zero-order chi connectivity index (χ0) is 19.5. The molecule has 2 N–H and O–H groups in total. The van der Waals surface area contributed by atoms with Gasteiger partial charge in [0, 0.05) is 67.5 Å². The summed E-state index contributed by atoms with van der Waals surface area (Å²) in [5.41, 5.74) is 4.47. The monoisotopic (exact) mass is 381 g/mol. The molecular formula is C23H28FN3O. The van der Waals surface area contributed by atoms with Crippen LogP contribution in [-0.4, -0.2) is 52.2 Å². The molecular weight excluding hydrogens is 353 g/mol. The van der Waals surface area contributed by atoms with Crippen LogP contribution >= 0.6 is 0 Å². The van der Waals surface area contributed by atoms with E-state index in [2.05, 4.69) is 46.0 Å². The van der Waals surface area contributed by atoms with Gasteiger partial charge in [0.1, 0.15) is 5.82 Å². The van der Waals surface area contributed by atoms with Gasteiger partial charge < -0.3 is 10.1 Å². The highest BCUT2D eigenvalue weighted by atomic mass is 19.1. The van der Waals surface area contributed by atoms with Crippen LogP contribution in [0.1, 0.15) is 23.2 Å². The number of piperazine rings is 1. The van der Waals surface area contributed by atoms with Crippen LogP contribution in [0, 0.1) is 12.7 Å². The molecule has 5 heteroatoms. The molecule has 1 fully saturated rings. The van der Waals surface area contributed by atoms with E-state index in [1.165, 1.54) is 28.2 Å². The second kappa shape index (κ2) is 8.43. The number of nitrogens with zero attached hydrogens (tertiary/aromatic N) is 2. The Labute approximate surface area is 165 Å². The number of H-pyrrole nitrogens is 1. The lowest BCUT2D eigenvalue weighted by Gasteiger charge is -2.41. The zero-order valence-corrected chi connectivity index (χ0v) is 16.4. The Morgan fingerprint density at radius 1 is 1.07 bits per heavy atom. The highest BCUT2D eigenvalue weighted by molar-refractivity contribution is 5.84. The molecule has 1 aliphatic rings. The van der Waals surface area contributed by atoms with E-state index in [4.69, 9.17) is 0 Å². The normalized spacial score (nSPS) is 18.8. The minimum absolute atomic E-state index is 0.150. The highest BCUT2D eigenvalue weighted by Gasteiger charge is 2.27. The highest BCUT2D eigenvalue weighted by Crippen LogP contribution is 2.24. The van der Waals surface area contributed by atoms with Gasteiger partial charge in [-0.3, -0.25) is 9.80 Å². The number of para-hydroxylation sites is 1. The molecule has 28 heavy (non-hydrogen) atoms. The number of aromatic nitrogens is 1. The van der Waals surface area contributed by atoms with E-state index in [0.29, 0.717) is 13.0 Å². The lowest BCUT2D eigenvalue weighted by atomic mass is 10.1. The summed E-state index contributed by atoms with van der Waals surface area (Å²) in [7, 11) is 0. The van der Waals surface area contributed by atoms with Gasteiger partial charge in [0.2, 0.25) is 0 Å². The maximum Gasteiger partial charge on any atom is 0.127 e. The van der Waals surface area contributed by atoms with Gasteiger partial charge in [-0.2, -0.15) is 0 Å². The third kappa shape index (κ3) is 3.97. The number of aliphatic hydroxyl groups excluding tert-OH is 1. The van der Waals surface area contributed by atoms with Gasteiger partial charge in [-0.15, -0.1) is 0 Å². The summed E-state index contributed by atoms with van der Waals surface area (Å²) < 4.78 is 14.1. The molecule has 0 amide bonds. The molecule has 3 aromatic rings. The second-order valence-corrected chi connectivity index (χ2v) is 7.74. The number of fused-ring (bicyclic) bond motifs is 1. The molecule has 0 spiro atoms. The van der Waals surface area contributed by atoms with E-state index in [9.17, 15) is 9.50 Å². The Kier molecular flexibility index (Phi) is 5.76. The summed E-state index contributed by atoms with van der Waals surface area (Å²) in [6.07, 6.45) is 0.705. The zero-order valence-electron chi connectivity index (χ0n) is 16.4. The lowest BCUT2D eigenvalue weighted by Crippen LogP contribution is -2.52. The molecule has 1 saturated heterocycles. The fourth-order valence-electron chi connectivity index (χ4n) is 4.30. The number of benzene rings is 2. The summed E-state index contributed by atoms with van der Waals surface area (Å²) in [6, 6.07) is 15.6. The Bertz CT molecular complexity index is 938. The van der Waals surface area contributed by atoms with Gasteiger partial charge in [-0.05, 0) is 31.0 Å². The molecule has 4 nitrogen and oxygen atoms in total. The first-order chi connectivity index (χ1) is 13.7. The fourth-order valence-corrected chi connectivity index (χ4v) is 4.30. The lowest BCUT2D eigenvalue weighted by molar-refractivity contribution is 0.0487. The van der Waals surface area contributed by atoms with Crippen LogP contribution in [0.15, 0.2) is 48.5 Å². The van der Waals surface area contributed by atoms with E-state index >= 15 is 0 Å². The molecule has 1 atom stereocenters. The SMILES string of the molecule is Cc1c(CN2CCN(Cc3ccccc3F)C(CCO)C2)[nH]c2ccccc12. The molecule has 0 radical (unpaired) electrons. The predicted molar refractivity (Wildman–Crippen MR) is 111 cm³/mol. The molecule has 4 rings (SSSR count). The van der Waals surface area contributed by atoms with Gasteiger partial charge in [0.05, 0.1) is 0 Å². The number of aryl methyl sites for hydroxylation is 1. The minimum atomic E-state index is -0.152. The topological polar surface area (TPSA) is 42.5 Å². The van der Waals surface area contributed by atoms with Crippen molar-refractivity contribution in [2.24, 2.45) is 0 Å². The molecule has 0 aliphatic carbocycles. The number of hydrogen-bond acceptors (Lipinski definition) is 3. The van der Waals surface area contributed by atoms with Crippen molar-refractivity contribution in [2.75, 3.05) is 26.2 Å².